The molecule has 206 valence electrons. The fourth-order valence-corrected chi connectivity index (χ4v) is 4.48. The molecule has 1 aromatic carbocycles. The molecular formula is C28H39N5O5. The van der Waals surface area contributed by atoms with Crippen LogP contribution in [0.15, 0.2) is 24.4 Å². The fraction of sp³-hybridized carbons (Fsp3) is 0.571. The number of likely N-dealkylation sites (tertiary alicyclic amines) is 1. The SMILES string of the molecule is C#Cc1ccc(CNC(=O)[C@@H]2C[C@@H](O)CN2C(=O)[C@H](C(C)C)n2cc(C(C)C)nn2)c(OCCCOC)c1. The molecule has 10 nitrogen and oxygen atoms in total. The van der Waals surface area contributed by atoms with Crippen LogP contribution < -0.4 is 10.1 Å². The van der Waals surface area contributed by atoms with Crippen LogP contribution in [0.5, 0.6) is 5.75 Å². The first-order valence-electron chi connectivity index (χ1n) is 13.1. The molecule has 2 aromatic rings. The Labute approximate surface area is 224 Å². The van der Waals surface area contributed by atoms with Crippen LogP contribution >= 0.6 is 0 Å². The molecule has 1 saturated heterocycles. The van der Waals surface area contributed by atoms with Gasteiger partial charge < -0.3 is 24.8 Å². The lowest BCUT2D eigenvalue weighted by molar-refractivity contribution is -0.142. The maximum absolute atomic E-state index is 13.7. The van der Waals surface area contributed by atoms with Gasteiger partial charge in [0.05, 0.1) is 18.4 Å². The van der Waals surface area contributed by atoms with Crippen molar-refractivity contribution in [2.24, 2.45) is 5.92 Å². The van der Waals surface area contributed by atoms with Gasteiger partial charge in [0.2, 0.25) is 11.8 Å². The van der Waals surface area contributed by atoms with E-state index in [1.165, 1.54) is 4.90 Å². The predicted molar refractivity (Wildman–Crippen MR) is 142 cm³/mol. The molecule has 0 radical (unpaired) electrons. The van der Waals surface area contributed by atoms with E-state index in [9.17, 15) is 14.7 Å². The van der Waals surface area contributed by atoms with Crippen LogP contribution in [-0.2, 0) is 20.9 Å². The number of hydrogen-bond donors (Lipinski definition) is 2. The van der Waals surface area contributed by atoms with E-state index in [-0.39, 0.29) is 43.2 Å². The highest BCUT2D eigenvalue weighted by Crippen LogP contribution is 2.27. The van der Waals surface area contributed by atoms with E-state index >= 15 is 0 Å². The standard InChI is InChI=1S/C28H39N5O5/c1-7-20-9-10-21(25(13-20)38-12-8-11-37-6)15-29-27(35)24-14-22(34)16-32(24)28(36)26(19(4)5)33-17-23(18(2)3)30-31-33/h1,9-10,13,17-19,22,24,26,34H,8,11-12,14-16H2,2-6H3,(H,29,35)/t22-,24+,26+/m1/s1. The van der Waals surface area contributed by atoms with Crippen molar-refractivity contribution in [3.63, 3.8) is 0 Å². The minimum absolute atomic E-state index is 0.0800. The first-order chi connectivity index (χ1) is 18.2. The summed E-state index contributed by atoms with van der Waals surface area (Å²) in [6.07, 6.45) is 7.40. The zero-order valence-corrected chi connectivity index (χ0v) is 22.9. The topological polar surface area (TPSA) is 119 Å². The second-order valence-electron chi connectivity index (χ2n) is 10.2. The molecule has 10 heteroatoms. The Morgan fingerprint density at radius 2 is 2.03 bits per heavy atom. The number of rotatable bonds is 12. The summed E-state index contributed by atoms with van der Waals surface area (Å²) in [6.45, 7) is 9.14. The van der Waals surface area contributed by atoms with Gasteiger partial charge in [0.15, 0.2) is 0 Å². The lowest BCUT2D eigenvalue weighted by Gasteiger charge is -2.29. The first kappa shape index (κ1) is 29.1. The van der Waals surface area contributed by atoms with Crippen molar-refractivity contribution < 1.29 is 24.2 Å². The summed E-state index contributed by atoms with van der Waals surface area (Å²) in [5.74, 6) is 2.64. The monoisotopic (exact) mass is 525 g/mol. The molecule has 38 heavy (non-hydrogen) atoms. The largest absolute Gasteiger partial charge is 0.493 e. The zero-order valence-electron chi connectivity index (χ0n) is 22.9. The lowest BCUT2D eigenvalue weighted by Crippen LogP contribution is -2.49. The first-order valence-corrected chi connectivity index (χ1v) is 13.1. The van der Waals surface area contributed by atoms with Crippen LogP contribution in [0.25, 0.3) is 0 Å². The molecule has 0 spiro atoms. The third-order valence-corrected chi connectivity index (χ3v) is 6.59. The van der Waals surface area contributed by atoms with Gasteiger partial charge >= 0.3 is 0 Å². The number of terminal acetylenes is 1. The molecule has 2 heterocycles. The lowest BCUT2D eigenvalue weighted by atomic mass is 10.0. The summed E-state index contributed by atoms with van der Waals surface area (Å²) in [4.78, 5) is 28.5. The molecule has 1 aliphatic heterocycles. The number of hydrogen-bond acceptors (Lipinski definition) is 7. The molecule has 2 amide bonds. The van der Waals surface area contributed by atoms with E-state index in [1.54, 1.807) is 30.1 Å². The van der Waals surface area contributed by atoms with Crippen molar-refractivity contribution in [1.29, 1.82) is 0 Å². The van der Waals surface area contributed by atoms with Crippen molar-refractivity contribution in [2.45, 2.75) is 71.2 Å². The Morgan fingerprint density at radius 3 is 2.66 bits per heavy atom. The predicted octanol–water partition coefficient (Wildman–Crippen LogP) is 2.27. The Morgan fingerprint density at radius 1 is 1.26 bits per heavy atom. The van der Waals surface area contributed by atoms with Crippen LogP contribution in [0.4, 0.5) is 0 Å². The summed E-state index contributed by atoms with van der Waals surface area (Å²) < 4.78 is 12.5. The van der Waals surface area contributed by atoms with E-state index < -0.39 is 18.2 Å². The highest BCUT2D eigenvalue weighted by molar-refractivity contribution is 5.90. The van der Waals surface area contributed by atoms with Crippen LogP contribution in [0.3, 0.4) is 0 Å². The third-order valence-electron chi connectivity index (χ3n) is 6.59. The Hall–Kier alpha value is -3.42. The fourth-order valence-electron chi connectivity index (χ4n) is 4.48. The Kier molecular flexibility index (Phi) is 10.3. The normalized spacial score (nSPS) is 18.0. The van der Waals surface area contributed by atoms with E-state index in [0.29, 0.717) is 30.9 Å². The van der Waals surface area contributed by atoms with Crippen molar-refractivity contribution in [1.82, 2.24) is 25.2 Å². The number of aliphatic hydroxyl groups is 1. The average Bonchev–Trinajstić information content (AvgIpc) is 3.52. The van der Waals surface area contributed by atoms with Crippen molar-refractivity contribution in [3.8, 4) is 18.1 Å². The van der Waals surface area contributed by atoms with Gasteiger partial charge in [0, 0.05) is 57.0 Å². The molecule has 0 aliphatic carbocycles. The van der Waals surface area contributed by atoms with E-state index in [0.717, 1.165) is 11.3 Å². The second-order valence-corrected chi connectivity index (χ2v) is 10.2. The number of nitrogens with one attached hydrogen (secondary N) is 1. The molecule has 1 aromatic heterocycles. The summed E-state index contributed by atoms with van der Waals surface area (Å²) >= 11 is 0. The van der Waals surface area contributed by atoms with Gasteiger partial charge in [-0.25, -0.2) is 4.68 Å². The summed E-state index contributed by atoms with van der Waals surface area (Å²) in [6, 6.07) is 3.93. The van der Waals surface area contributed by atoms with Crippen molar-refractivity contribution in [3.05, 3.63) is 41.2 Å². The molecule has 2 N–H and O–H groups in total. The second kappa shape index (κ2) is 13.4. The minimum atomic E-state index is -0.803. The van der Waals surface area contributed by atoms with Crippen molar-refractivity contribution in [2.75, 3.05) is 26.9 Å². The van der Waals surface area contributed by atoms with Gasteiger partial charge in [-0.15, -0.1) is 11.5 Å². The molecular weight excluding hydrogens is 486 g/mol. The molecule has 1 fully saturated rings. The zero-order chi connectivity index (χ0) is 27.8. The summed E-state index contributed by atoms with van der Waals surface area (Å²) in [5, 5.41) is 21.7. The molecule has 0 unspecified atom stereocenters. The molecule has 1 aliphatic rings. The quantitative estimate of drug-likeness (QED) is 0.322. The van der Waals surface area contributed by atoms with E-state index in [2.05, 4.69) is 21.5 Å². The van der Waals surface area contributed by atoms with Gasteiger partial charge in [0.25, 0.3) is 0 Å². The molecule has 3 rings (SSSR count). The third kappa shape index (κ3) is 7.11. The Balaban J connectivity index is 1.73. The van der Waals surface area contributed by atoms with Gasteiger partial charge in [-0.1, -0.05) is 44.9 Å². The molecule has 3 atom stereocenters. The number of β-amino-alcohol motifs (C(OH)–C–C–N with tert-alkyl or cyclic N) is 1. The number of nitrogens with zero attached hydrogens (tertiary/aromatic N) is 4. The smallest absolute Gasteiger partial charge is 0.248 e. The van der Waals surface area contributed by atoms with E-state index in [4.69, 9.17) is 15.9 Å². The van der Waals surface area contributed by atoms with E-state index in [1.807, 2.05) is 33.8 Å². The number of aromatic nitrogens is 3. The van der Waals surface area contributed by atoms with Crippen molar-refractivity contribution >= 4 is 11.8 Å². The number of amides is 2. The number of carbonyl (C=O) groups excluding carboxylic acids is 2. The molecule has 0 saturated carbocycles. The van der Waals surface area contributed by atoms with Crippen LogP contribution in [0.1, 0.15) is 69.3 Å². The van der Waals surface area contributed by atoms with Crippen LogP contribution in [0, 0.1) is 18.3 Å². The van der Waals surface area contributed by atoms with Gasteiger partial charge in [-0.05, 0) is 24.0 Å². The highest BCUT2D eigenvalue weighted by Gasteiger charge is 2.42. The number of benzene rings is 1. The number of carbonyl (C=O) groups is 2. The van der Waals surface area contributed by atoms with Gasteiger partial charge in [0.1, 0.15) is 17.8 Å². The van der Waals surface area contributed by atoms with Crippen LogP contribution in [-0.4, -0.2) is 75.8 Å². The highest BCUT2D eigenvalue weighted by atomic mass is 16.5. The van der Waals surface area contributed by atoms with Gasteiger partial charge in [-0.2, -0.15) is 0 Å². The number of aliphatic hydroxyl groups excluding tert-OH is 1. The minimum Gasteiger partial charge on any atom is -0.493 e. The van der Waals surface area contributed by atoms with Gasteiger partial charge in [-0.3, -0.25) is 9.59 Å². The maximum Gasteiger partial charge on any atom is 0.248 e. The summed E-state index contributed by atoms with van der Waals surface area (Å²) in [5.41, 5.74) is 2.22. The summed E-state index contributed by atoms with van der Waals surface area (Å²) in [7, 11) is 1.63. The average molecular weight is 526 g/mol. The number of methoxy groups -OCH3 is 1. The molecule has 0 bridgehead atoms. The van der Waals surface area contributed by atoms with Crippen LogP contribution in [0.2, 0.25) is 0 Å². The maximum atomic E-state index is 13.7. The number of ether oxygens (including phenoxy) is 2. The Bertz CT molecular complexity index is 1140.